The van der Waals surface area contributed by atoms with Gasteiger partial charge in [-0.3, -0.25) is 9.78 Å². The van der Waals surface area contributed by atoms with Crippen LogP contribution in [0.1, 0.15) is 23.8 Å². The molecule has 3 aromatic rings. The Morgan fingerprint density at radius 2 is 2.00 bits per heavy atom. The van der Waals surface area contributed by atoms with Gasteiger partial charge in [0.25, 0.3) is 0 Å². The second-order valence-corrected chi connectivity index (χ2v) is 5.83. The van der Waals surface area contributed by atoms with E-state index in [4.69, 9.17) is 4.42 Å². The number of carbonyl (C=O) groups is 1. The van der Waals surface area contributed by atoms with Crippen LogP contribution in [0.15, 0.2) is 59.3 Å². The summed E-state index contributed by atoms with van der Waals surface area (Å²) in [5, 5.41) is 8.09. The zero-order chi connectivity index (χ0) is 16.4. The molecule has 1 atom stereocenters. The molecule has 1 unspecified atom stereocenters. The van der Waals surface area contributed by atoms with Crippen molar-refractivity contribution < 1.29 is 9.21 Å². The van der Waals surface area contributed by atoms with Gasteiger partial charge in [-0.25, -0.2) is 0 Å². The van der Waals surface area contributed by atoms with Crippen LogP contribution in [0.25, 0.3) is 11.5 Å². The van der Waals surface area contributed by atoms with E-state index in [0.717, 1.165) is 5.56 Å². The highest BCUT2D eigenvalue weighted by atomic mass is 16.4. The van der Waals surface area contributed by atoms with Crippen molar-refractivity contribution in [3.8, 4) is 11.5 Å². The van der Waals surface area contributed by atoms with E-state index in [-0.39, 0.29) is 11.8 Å². The van der Waals surface area contributed by atoms with Crippen LogP contribution in [0.5, 0.6) is 0 Å². The van der Waals surface area contributed by atoms with E-state index in [1.165, 1.54) is 5.56 Å². The van der Waals surface area contributed by atoms with Crippen molar-refractivity contribution in [1.29, 1.82) is 0 Å². The predicted molar refractivity (Wildman–Crippen MR) is 86.7 cm³/mol. The van der Waals surface area contributed by atoms with Gasteiger partial charge in [0.2, 0.25) is 17.7 Å². The molecule has 3 heterocycles. The molecule has 0 spiro atoms. The quantitative estimate of drug-likeness (QED) is 0.739. The smallest absolute Gasteiger partial charge is 0.249 e. The third-order valence-electron chi connectivity index (χ3n) is 4.19. The van der Waals surface area contributed by atoms with Crippen molar-refractivity contribution in [1.82, 2.24) is 20.1 Å². The fraction of sp³-hybridized carbons (Fsp3) is 0.222. The first-order valence-corrected chi connectivity index (χ1v) is 7.85. The minimum absolute atomic E-state index is 0.116. The standard InChI is InChI=1S/C18H16N4O2/c23-17-9-15(13-5-2-1-3-6-13)11-22(17)12-16-20-21-18(24-16)14-7-4-8-19-10-14/h1-8,10,15H,9,11-12H2. The van der Waals surface area contributed by atoms with Crippen molar-refractivity contribution in [2.75, 3.05) is 6.54 Å². The second-order valence-electron chi connectivity index (χ2n) is 5.83. The van der Waals surface area contributed by atoms with Crippen molar-refractivity contribution in [2.45, 2.75) is 18.9 Å². The topological polar surface area (TPSA) is 72.1 Å². The lowest BCUT2D eigenvalue weighted by molar-refractivity contribution is -0.128. The van der Waals surface area contributed by atoms with Gasteiger partial charge in [0, 0.05) is 31.3 Å². The summed E-state index contributed by atoms with van der Waals surface area (Å²) in [6.45, 7) is 1.02. The van der Waals surface area contributed by atoms with Crippen LogP contribution in [0, 0.1) is 0 Å². The molecule has 0 aliphatic carbocycles. The molecule has 1 fully saturated rings. The minimum Gasteiger partial charge on any atom is -0.419 e. The maximum Gasteiger partial charge on any atom is 0.249 e. The molecule has 2 aromatic heterocycles. The first-order valence-electron chi connectivity index (χ1n) is 7.85. The van der Waals surface area contributed by atoms with Gasteiger partial charge < -0.3 is 9.32 Å². The molecule has 0 radical (unpaired) electrons. The maximum absolute atomic E-state index is 12.3. The van der Waals surface area contributed by atoms with E-state index in [2.05, 4.69) is 27.3 Å². The summed E-state index contributed by atoms with van der Waals surface area (Å²) in [5.74, 6) is 1.20. The third-order valence-corrected chi connectivity index (χ3v) is 4.19. The van der Waals surface area contributed by atoms with Crippen LogP contribution in [0.3, 0.4) is 0 Å². The third kappa shape index (κ3) is 2.90. The first-order chi connectivity index (χ1) is 11.8. The molecule has 1 aliphatic heterocycles. The normalized spacial score (nSPS) is 17.4. The Balaban J connectivity index is 1.46. The number of hydrogen-bond donors (Lipinski definition) is 0. The average molecular weight is 320 g/mol. The van der Waals surface area contributed by atoms with Crippen LogP contribution in [-0.2, 0) is 11.3 Å². The molecule has 1 aliphatic rings. The van der Waals surface area contributed by atoms with E-state index in [9.17, 15) is 4.79 Å². The Bertz CT molecular complexity index is 832. The highest BCUT2D eigenvalue weighted by molar-refractivity contribution is 5.79. The number of aromatic nitrogens is 3. The molecule has 24 heavy (non-hydrogen) atoms. The number of amides is 1. The fourth-order valence-corrected chi connectivity index (χ4v) is 2.96. The molecular weight excluding hydrogens is 304 g/mol. The monoisotopic (exact) mass is 320 g/mol. The van der Waals surface area contributed by atoms with Gasteiger partial charge in [0.15, 0.2) is 0 Å². The Morgan fingerprint density at radius 1 is 1.12 bits per heavy atom. The summed E-state index contributed by atoms with van der Waals surface area (Å²) in [5.41, 5.74) is 1.96. The van der Waals surface area contributed by atoms with E-state index in [1.807, 2.05) is 30.3 Å². The number of benzene rings is 1. The molecule has 120 valence electrons. The molecule has 0 saturated carbocycles. The van der Waals surface area contributed by atoms with Crippen molar-refractivity contribution in [3.05, 3.63) is 66.3 Å². The number of rotatable bonds is 4. The lowest BCUT2D eigenvalue weighted by Crippen LogP contribution is -2.24. The maximum atomic E-state index is 12.3. The zero-order valence-electron chi connectivity index (χ0n) is 13.0. The van der Waals surface area contributed by atoms with Crippen LogP contribution in [0.2, 0.25) is 0 Å². The second kappa shape index (κ2) is 6.23. The molecular formula is C18H16N4O2. The molecule has 1 aromatic carbocycles. The van der Waals surface area contributed by atoms with Gasteiger partial charge in [-0.2, -0.15) is 0 Å². The van der Waals surface area contributed by atoms with Gasteiger partial charge in [0.05, 0.1) is 12.1 Å². The molecule has 1 saturated heterocycles. The van der Waals surface area contributed by atoms with Crippen LogP contribution in [-0.4, -0.2) is 32.5 Å². The number of likely N-dealkylation sites (tertiary alicyclic amines) is 1. The largest absolute Gasteiger partial charge is 0.419 e. The Kier molecular flexibility index (Phi) is 3.78. The van der Waals surface area contributed by atoms with Crippen LogP contribution >= 0.6 is 0 Å². The molecule has 1 amide bonds. The lowest BCUT2D eigenvalue weighted by atomic mass is 9.99. The van der Waals surface area contributed by atoms with Gasteiger partial charge in [-0.05, 0) is 17.7 Å². The highest BCUT2D eigenvalue weighted by Gasteiger charge is 2.31. The fourth-order valence-electron chi connectivity index (χ4n) is 2.96. The van der Waals surface area contributed by atoms with Crippen LogP contribution < -0.4 is 0 Å². The van der Waals surface area contributed by atoms with Gasteiger partial charge in [-0.1, -0.05) is 30.3 Å². The lowest BCUT2D eigenvalue weighted by Gasteiger charge is -2.14. The minimum atomic E-state index is 0.116. The molecule has 0 N–H and O–H groups in total. The molecule has 6 nitrogen and oxygen atoms in total. The van der Waals surface area contributed by atoms with Crippen molar-refractivity contribution >= 4 is 5.91 Å². The summed E-state index contributed by atoms with van der Waals surface area (Å²) < 4.78 is 5.66. The SMILES string of the molecule is O=C1CC(c2ccccc2)CN1Cc1nnc(-c2cccnc2)o1. The first kappa shape index (κ1) is 14.6. The Labute approximate surface area is 139 Å². The van der Waals surface area contributed by atoms with Crippen molar-refractivity contribution in [3.63, 3.8) is 0 Å². The number of pyridine rings is 1. The van der Waals surface area contributed by atoms with Gasteiger partial charge >= 0.3 is 0 Å². The summed E-state index contributed by atoms with van der Waals surface area (Å²) in [4.78, 5) is 18.1. The summed E-state index contributed by atoms with van der Waals surface area (Å²) in [6, 6.07) is 13.8. The Hall–Kier alpha value is -3.02. The summed E-state index contributed by atoms with van der Waals surface area (Å²) in [7, 11) is 0. The van der Waals surface area contributed by atoms with E-state index in [0.29, 0.717) is 31.3 Å². The predicted octanol–water partition coefficient (Wildman–Crippen LogP) is 2.65. The van der Waals surface area contributed by atoms with Gasteiger partial charge in [-0.15, -0.1) is 10.2 Å². The van der Waals surface area contributed by atoms with E-state index in [1.54, 1.807) is 17.3 Å². The number of nitrogens with zero attached hydrogens (tertiary/aromatic N) is 4. The molecule has 0 bridgehead atoms. The molecule has 6 heteroatoms. The number of carbonyl (C=O) groups excluding carboxylic acids is 1. The summed E-state index contributed by atoms with van der Waals surface area (Å²) in [6.07, 6.45) is 3.88. The molecule has 4 rings (SSSR count). The van der Waals surface area contributed by atoms with E-state index >= 15 is 0 Å². The highest BCUT2D eigenvalue weighted by Crippen LogP contribution is 2.29. The van der Waals surface area contributed by atoms with Crippen LogP contribution in [0.4, 0.5) is 0 Å². The van der Waals surface area contributed by atoms with Crippen molar-refractivity contribution in [2.24, 2.45) is 0 Å². The Morgan fingerprint density at radius 3 is 2.79 bits per heavy atom. The zero-order valence-corrected chi connectivity index (χ0v) is 13.0. The number of hydrogen-bond acceptors (Lipinski definition) is 5. The summed E-state index contributed by atoms with van der Waals surface area (Å²) >= 11 is 0. The van der Waals surface area contributed by atoms with Gasteiger partial charge in [0.1, 0.15) is 0 Å². The average Bonchev–Trinajstić information content (AvgIpc) is 3.24. The van der Waals surface area contributed by atoms with E-state index < -0.39 is 0 Å².